The van der Waals surface area contributed by atoms with Crippen LogP contribution in [0.4, 0.5) is 16.6 Å². The van der Waals surface area contributed by atoms with Crippen LogP contribution in [0.5, 0.6) is 0 Å². The van der Waals surface area contributed by atoms with Crippen molar-refractivity contribution in [2.24, 2.45) is 0 Å². The summed E-state index contributed by atoms with van der Waals surface area (Å²) in [5.74, 6) is 1.01. The summed E-state index contributed by atoms with van der Waals surface area (Å²) in [6.07, 6.45) is 3.40. The molecule has 1 aliphatic rings. The van der Waals surface area contributed by atoms with Gasteiger partial charge in [0.05, 0.1) is 0 Å². The zero-order valence-corrected chi connectivity index (χ0v) is 11.1. The van der Waals surface area contributed by atoms with Crippen LogP contribution in [0, 0.1) is 0 Å². The average Bonchev–Trinajstić information content (AvgIpc) is 2.40. The molecule has 1 fully saturated rings. The Balaban J connectivity index is 1.82. The van der Waals surface area contributed by atoms with Gasteiger partial charge in [-0.25, -0.2) is 9.78 Å². The Morgan fingerprint density at radius 3 is 2.89 bits per heavy atom. The van der Waals surface area contributed by atoms with Crippen molar-refractivity contribution >= 4 is 17.8 Å². The van der Waals surface area contributed by atoms with Crippen LogP contribution in [0.2, 0.25) is 0 Å². The van der Waals surface area contributed by atoms with Crippen LogP contribution >= 0.6 is 0 Å². The summed E-state index contributed by atoms with van der Waals surface area (Å²) in [5, 5.41) is 6.07. The first-order chi connectivity index (χ1) is 9.19. The Bertz CT molecular complexity index is 430. The summed E-state index contributed by atoms with van der Waals surface area (Å²) in [6, 6.07) is 1.96. The van der Waals surface area contributed by atoms with Gasteiger partial charge in [0.25, 0.3) is 0 Å². The molecule has 2 amide bonds. The molecule has 7 heteroatoms. The zero-order valence-electron chi connectivity index (χ0n) is 11.1. The maximum absolute atomic E-state index is 11.7. The number of carbonyl (C=O) groups excluding carboxylic acids is 1. The summed E-state index contributed by atoms with van der Waals surface area (Å²) in [5.41, 5.74) is 5.61. The van der Waals surface area contributed by atoms with Gasteiger partial charge in [-0.15, -0.1) is 0 Å². The number of aromatic nitrogens is 2. The molecule has 0 aliphatic carbocycles. The topological polar surface area (TPSA) is 96.2 Å². The number of likely N-dealkylation sites (tertiary alicyclic amines) is 1. The molecule has 1 aromatic heterocycles. The van der Waals surface area contributed by atoms with Crippen LogP contribution in [-0.4, -0.2) is 46.6 Å². The number of nitrogens with one attached hydrogen (secondary N) is 2. The average molecular weight is 264 g/mol. The maximum Gasteiger partial charge on any atom is 0.317 e. The molecule has 0 spiro atoms. The molecule has 1 aliphatic heterocycles. The standard InChI is InChI=1S/C12H20N6O/c1-2-14-12(19)18-7-4-9(5-8-18)16-11-15-6-3-10(13)17-11/h3,6,9H,2,4-5,7-8H2,1H3,(H,14,19)(H3,13,15,16,17). The number of nitrogen functional groups attached to an aromatic ring is 1. The van der Waals surface area contributed by atoms with Gasteiger partial charge in [0.2, 0.25) is 5.95 Å². The molecule has 0 saturated carbocycles. The quantitative estimate of drug-likeness (QED) is 0.745. The number of rotatable bonds is 3. The second-order valence-corrected chi connectivity index (χ2v) is 4.55. The third-order valence-corrected chi connectivity index (χ3v) is 3.12. The molecule has 1 aromatic rings. The minimum atomic E-state index is 0.0150. The Kier molecular flexibility index (Phi) is 4.38. The highest BCUT2D eigenvalue weighted by atomic mass is 16.2. The Labute approximate surface area is 112 Å². The number of nitrogens with zero attached hydrogens (tertiary/aromatic N) is 3. The molecule has 0 radical (unpaired) electrons. The number of anilines is 2. The van der Waals surface area contributed by atoms with Gasteiger partial charge in [0, 0.05) is 31.9 Å². The van der Waals surface area contributed by atoms with Crippen LogP contribution in [-0.2, 0) is 0 Å². The fraction of sp³-hybridized carbons (Fsp3) is 0.583. The molecule has 0 bridgehead atoms. The van der Waals surface area contributed by atoms with Crippen molar-refractivity contribution in [1.29, 1.82) is 0 Å². The highest BCUT2D eigenvalue weighted by molar-refractivity contribution is 5.74. The minimum absolute atomic E-state index is 0.0150. The number of urea groups is 1. The summed E-state index contributed by atoms with van der Waals surface area (Å²) in [7, 11) is 0. The molecule has 1 saturated heterocycles. The lowest BCUT2D eigenvalue weighted by molar-refractivity contribution is 0.184. The van der Waals surface area contributed by atoms with E-state index >= 15 is 0 Å². The smallest absolute Gasteiger partial charge is 0.317 e. The second-order valence-electron chi connectivity index (χ2n) is 4.55. The molecule has 0 aromatic carbocycles. The van der Waals surface area contributed by atoms with E-state index in [2.05, 4.69) is 20.6 Å². The second kappa shape index (κ2) is 6.21. The highest BCUT2D eigenvalue weighted by Gasteiger charge is 2.22. The Hall–Kier alpha value is -2.05. The van der Waals surface area contributed by atoms with Crippen molar-refractivity contribution in [3.05, 3.63) is 12.3 Å². The van der Waals surface area contributed by atoms with E-state index in [0.29, 0.717) is 18.3 Å². The minimum Gasteiger partial charge on any atom is -0.384 e. The van der Waals surface area contributed by atoms with Crippen LogP contribution in [0.25, 0.3) is 0 Å². The van der Waals surface area contributed by atoms with Crippen molar-refractivity contribution in [2.45, 2.75) is 25.8 Å². The monoisotopic (exact) mass is 264 g/mol. The van der Waals surface area contributed by atoms with Crippen LogP contribution in [0.3, 0.4) is 0 Å². The van der Waals surface area contributed by atoms with Crippen molar-refractivity contribution in [1.82, 2.24) is 20.2 Å². The summed E-state index contributed by atoms with van der Waals surface area (Å²) in [4.78, 5) is 21.7. The fourth-order valence-corrected chi connectivity index (χ4v) is 2.11. The van der Waals surface area contributed by atoms with Crippen molar-refractivity contribution in [3.63, 3.8) is 0 Å². The first-order valence-corrected chi connectivity index (χ1v) is 6.57. The lowest BCUT2D eigenvalue weighted by Crippen LogP contribution is -2.46. The number of hydrogen-bond acceptors (Lipinski definition) is 5. The predicted octanol–water partition coefficient (Wildman–Crippen LogP) is 0.665. The summed E-state index contributed by atoms with van der Waals surface area (Å²) in [6.45, 7) is 4.06. The van der Waals surface area contributed by atoms with Gasteiger partial charge >= 0.3 is 6.03 Å². The third kappa shape index (κ3) is 3.70. The van der Waals surface area contributed by atoms with Crippen LogP contribution in [0.15, 0.2) is 12.3 Å². The number of carbonyl (C=O) groups is 1. The van der Waals surface area contributed by atoms with E-state index in [1.54, 1.807) is 12.3 Å². The molecule has 0 unspecified atom stereocenters. The highest BCUT2D eigenvalue weighted by Crippen LogP contribution is 2.14. The van der Waals surface area contributed by atoms with Gasteiger partial charge < -0.3 is 21.3 Å². The third-order valence-electron chi connectivity index (χ3n) is 3.12. The van der Waals surface area contributed by atoms with Gasteiger partial charge in [-0.05, 0) is 25.8 Å². The van der Waals surface area contributed by atoms with E-state index < -0.39 is 0 Å². The molecule has 2 rings (SSSR count). The van der Waals surface area contributed by atoms with Crippen molar-refractivity contribution < 1.29 is 4.79 Å². The van der Waals surface area contributed by atoms with E-state index in [4.69, 9.17) is 5.73 Å². The molecular weight excluding hydrogens is 244 g/mol. The van der Waals surface area contributed by atoms with E-state index in [1.807, 2.05) is 11.8 Å². The molecule has 4 N–H and O–H groups in total. The largest absolute Gasteiger partial charge is 0.384 e. The predicted molar refractivity (Wildman–Crippen MR) is 73.7 cm³/mol. The molecule has 19 heavy (non-hydrogen) atoms. The molecule has 104 valence electrons. The number of hydrogen-bond donors (Lipinski definition) is 3. The lowest BCUT2D eigenvalue weighted by atomic mass is 10.1. The van der Waals surface area contributed by atoms with Crippen LogP contribution in [0.1, 0.15) is 19.8 Å². The fourth-order valence-electron chi connectivity index (χ4n) is 2.11. The van der Waals surface area contributed by atoms with Gasteiger partial charge in [-0.3, -0.25) is 0 Å². The molecule has 2 heterocycles. The van der Waals surface area contributed by atoms with E-state index in [0.717, 1.165) is 25.9 Å². The van der Waals surface area contributed by atoms with Gasteiger partial charge in [0.1, 0.15) is 5.82 Å². The number of nitrogens with two attached hydrogens (primary N) is 1. The Morgan fingerprint density at radius 1 is 1.53 bits per heavy atom. The van der Waals surface area contributed by atoms with Gasteiger partial charge in [0.15, 0.2) is 0 Å². The number of amides is 2. The summed E-state index contributed by atoms with van der Waals surface area (Å²) < 4.78 is 0. The zero-order chi connectivity index (χ0) is 13.7. The van der Waals surface area contributed by atoms with Gasteiger partial charge in [-0.2, -0.15) is 4.98 Å². The molecule has 0 atom stereocenters. The SMILES string of the molecule is CCNC(=O)N1CCC(Nc2nccc(N)n2)CC1. The molecular formula is C12H20N6O. The lowest BCUT2D eigenvalue weighted by Gasteiger charge is -2.32. The van der Waals surface area contributed by atoms with Crippen LogP contribution < -0.4 is 16.4 Å². The van der Waals surface area contributed by atoms with E-state index in [9.17, 15) is 4.79 Å². The van der Waals surface area contributed by atoms with Gasteiger partial charge in [-0.1, -0.05) is 0 Å². The Morgan fingerprint density at radius 2 is 2.26 bits per heavy atom. The number of piperidine rings is 1. The first kappa shape index (κ1) is 13.4. The maximum atomic E-state index is 11.7. The first-order valence-electron chi connectivity index (χ1n) is 6.57. The van der Waals surface area contributed by atoms with E-state index in [1.165, 1.54) is 0 Å². The van der Waals surface area contributed by atoms with Crippen molar-refractivity contribution in [3.8, 4) is 0 Å². The van der Waals surface area contributed by atoms with Crippen molar-refractivity contribution in [2.75, 3.05) is 30.7 Å². The molecule has 7 nitrogen and oxygen atoms in total. The normalized spacial score (nSPS) is 16.2. The van der Waals surface area contributed by atoms with E-state index in [-0.39, 0.29) is 12.1 Å². The summed E-state index contributed by atoms with van der Waals surface area (Å²) >= 11 is 0.